The van der Waals surface area contributed by atoms with Gasteiger partial charge in [-0.3, -0.25) is 0 Å². The molecule has 1 aliphatic heterocycles. The van der Waals surface area contributed by atoms with Crippen molar-refractivity contribution in [2.45, 2.75) is 58.3 Å². The molecule has 1 aliphatic rings. The molecule has 1 aromatic heterocycles. The molecular formula is C28H33BrN4O4S. The number of fused-ring (bicyclic) bond motifs is 1. The molecule has 1 unspecified atom stereocenters. The second kappa shape index (κ2) is 12.7. The van der Waals surface area contributed by atoms with Gasteiger partial charge in [-0.05, 0) is 71.9 Å². The number of thioether (sulfide) groups is 1. The van der Waals surface area contributed by atoms with Crippen molar-refractivity contribution in [2.75, 3.05) is 24.8 Å². The Morgan fingerprint density at radius 2 is 2.00 bits per heavy atom. The highest BCUT2D eigenvalue weighted by atomic mass is 79.9. The number of nitrogens with zero attached hydrogens (tertiary/aromatic N) is 3. The smallest absolute Gasteiger partial charge is 0.338 e. The third kappa shape index (κ3) is 6.02. The van der Waals surface area contributed by atoms with Crippen molar-refractivity contribution in [3.8, 4) is 11.5 Å². The minimum Gasteiger partial charge on any atom is -0.493 e. The number of carbonyl (C=O) groups excluding carboxylic acids is 1. The lowest BCUT2D eigenvalue weighted by atomic mass is 9.95. The molecule has 2 heterocycles. The van der Waals surface area contributed by atoms with E-state index in [-0.39, 0.29) is 6.61 Å². The molecule has 0 saturated carbocycles. The molecule has 0 aliphatic carbocycles. The van der Waals surface area contributed by atoms with Crippen LogP contribution in [-0.4, -0.2) is 40.2 Å². The van der Waals surface area contributed by atoms with Crippen LogP contribution in [0.25, 0.3) is 0 Å². The first-order chi connectivity index (χ1) is 18.4. The number of carbonyl (C=O) groups is 1. The van der Waals surface area contributed by atoms with Gasteiger partial charge < -0.3 is 19.5 Å². The third-order valence-corrected chi connectivity index (χ3v) is 7.77. The van der Waals surface area contributed by atoms with E-state index in [1.54, 1.807) is 30.5 Å². The molecule has 38 heavy (non-hydrogen) atoms. The second-order valence-electron chi connectivity index (χ2n) is 8.90. The average Bonchev–Trinajstić information content (AvgIpc) is 3.30. The number of nitrogens with one attached hydrogen (secondary N) is 1. The van der Waals surface area contributed by atoms with E-state index in [1.165, 1.54) is 0 Å². The number of halogens is 1. The van der Waals surface area contributed by atoms with Crippen molar-refractivity contribution < 1.29 is 19.0 Å². The van der Waals surface area contributed by atoms with E-state index >= 15 is 0 Å². The van der Waals surface area contributed by atoms with Crippen LogP contribution in [0.5, 0.6) is 11.5 Å². The summed E-state index contributed by atoms with van der Waals surface area (Å²) in [7, 11) is 1.60. The van der Waals surface area contributed by atoms with Gasteiger partial charge in [0.25, 0.3) is 0 Å². The lowest BCUT2D eigenvalue weighted by Gasteiger charge is -2.28. The number of allylic oxidation sites excluding steroid dienone is 1. The van der Waals surface area contributed by atoms with E-state index in [9.17, 15) is 4.79 Å². The third-order valence-electron chi connectivity index (χ3n) is 6.26. The van der Waals surface area contributed by atoms with Gasteiger partial charge in [-0.15, -0.1) is 5.10 Å². The van der Waals surface area contributed by atoms with E-state index in [0.29, 0.717) is 45.0 Å². The summed E-state index contributed by atoms with van der Waals surface area (Å²) >= 11 is 5.29. The van der Waals surface area contributed by atoms with Crippen molar-refractivity contribution in [1.82, 2.24) is 14.8 Å². The number of aromatic nitrogens is 3. The molecule has 0 fully saturated rings. The minimum atomic E-state index is -0.561. The summed E-state index contributed by atoms with van der Waals surface area (Å²) < 4.78 is 19.9. The van der Waals surface area contributed by atoms with Crippen LogP contribution in [0, 0.1) is 6.92 Å². The van der Waals surface area contributed by atoms with Gasteiger partial charge in [0.05, 0.1) is 23.8 Å². The predicted octanol–water partition coefficient (Wildman–Crippen LogP) is 6.68. The number of hydrogen-bond donors (Lipinski definition) is 1. The van der Waals surface area contributed by atoms with Gasteiger partial charge in [-0.2, -0.15) is 4.98 Å². The lowest BCUT2D eigenvalue weighted by Crippen LogP contribution is -2.29. The van der Waals surface area contributed by atoms with Gasteiger partial charge in [-0.1, -0.05) is 49.4 Å². The van der Waals surface area contributed by atoms with Crippen LogP contribution in [-0.2, 0) is 16.1 Å². The van der Waals surface area contributed by atoms with Crippen LogP contribution >= 0.6 is 27.7 Å². The molecule has 0 bridgehead atoms. The quantitative estimate of drug-likeness (QED) is 0.148. The maximum Gasteiger partial charge on any atom is 0.338 e. The summed E-state index contributed by atoms with van der Waals surface area (Å²) in [5.41, 5.74) is 4.18. The first-order valence-corrected chi connectivity index (χ1v) is 14.4. The zero-order valence-corrected chi connectivity index (χ0v) is 24.7. The summed E-state index contributed by atoms with van der Waals surface area (Å²) in [5, 5.41) is 8.68. The van der Waals surface area contributed by atoms with Crippen LogP contribution < -0.4 is 14.8 Å². The standard InChI is InChI=1S/C28H33BrN4O4S/c1-6-8-13-38-28-31-27-30-18(4)23(26(34)36-7-2)24(33(27)32-28)20-14-21(29)25(22(15-20)35-5)37-16-19-12-10-9-11-17(19)3/h9-12,14-15,24H,6-8,13,16H2,1-5H3,(H,30,31,32). The van der Waals surface area contributed by atoms with Crippen LogP contribution in [0.4, 0.5) is 5.95 Å². The Bertz CT molecular complexity index is 1340. The van der Waals surface area contributed by atoms with E-state index in [2.05, 4.69) is 41.2 Å². The van der Waals surface area contributed by atoms with Gasteiger partial charge in [0.1, 0.15) is 12.6 Å². The number of anilines is 1. The number of ether oxygens (including phenoxy) is 3. The Balaban J connectivity index is 1.74. The Kier molecular flexibility index (Phi) is 9.38. The van der Waals surface area contributed by atoms with Gasteiger partial charge >= 0.3 is 5.97 Å². The molecule has 3 aromatic rings. The fraction of sp³-hybridized carbons (Fsp3) is 0.393. The fourth-order valence-corrected chi connectivity index (χ4v) is 5.73. The van der Waals surface area contributed by atoms with Crippen LogP contribution in [0.15, 0.2) is 57.3 Å². The molecule has 0 spiro atoms. The van der Waals surface area contributed by atoms with E-state index in [4.69, 9.17) is 24.3 Å². The second-order valence-corrected chi connectivity index (χ2v) is 10.8. The molecule has 0 saturated heterocycles. The maximum absolute atomic E-state index is 13.2. The number of unbranched alkanes of at least 4 members (excludes halogenated alkanes) is 1. The van der Waals surface area contributed by atoms with Gasteiger partial charge in [-0.25, -0.2) is 9.48 Å². The zero-order chi connectivity index (χ0) is 27.2. The van der Waals surface area contributed by atoms with E-state index in [1.807, 2.05) is 37.3 Å². The predicted molar refractivity (Wildman–Crippen MR) is 153 cm³/mol. The number of esters is 1. The van der Waals surface area contributed by atoms with Crippen molar-refractivity contribution in [3.05, 3.63) is 68.8 Å². The molecule has 1 atom stereocenters. The summed E-state index contributed by atoms with van der Waals surface area (Å²) in [6.45, 7) is 8.52. The normalized spacial score (nSPS) is 14.6. The van der Waals surface area contributed by atoms with Crippen molar-refractivity contribution in [2.24, 2.45) is 0 Å². The topological polar surface area (TPSA) is 87.5 Å². The van der Waals surface area contributed by atoms with Crippen molar-refractivity contribution >= 4 is 39.6 Å². The van der Waals surface area contributed by atoms with Crippen molar-refractivity contribution in [3.63, 3.8) is 0 Å². The van der Waals surface area contributed by atoms with E-state index in [0.717, 1.165) is 35.3 Å². The number of hydrogen-bond acceptors (Lipinski definition) is 8. The fourth-order valence-electron chi connectivity index (χ4n) is 4.24. The monoisotopic (exact) mass is 600 g/mol. The largest absolute Gasteiger partial charge is 0.493 e. The van der Waals surface area contributed by atoms with Gasteiger partial charge in [0.2, 0.25) is 11.1 Å². The molecule has 10 heteroatoms. The molecular weight excluding hydrogens is 568 g/mol. The first kappa shape index (κ1) is 28.0. The summed E-state index contributed by atoms with van der Waals surface area (Å²) in [4.78, 5) is 17.9. The summed E-state index contributed by atoms with van der Waals surface area (Å²) in [5.74, 6) is 2.23. The van der Waals surface area contributed by atoms with Crippen LogP contribution in [0.2, 0.25) is 0 Å². The molecule has 0 radical (unpaired) electrons. The average molecular weight is 602 g/mol. The molecule has 2 aromatic carbocycles. The molecule has 8 nitrogen and oxygen atoms in total. The van der Waals surface area contributed by atoms with Crippen LogP contribution in [0.3, 0.4) is 0 Å². The molecule has 202 valence electrons. The van der Waals surface area contributed by atoms with Crippen molar-refractivity contribution in [1.29, 1.82) is 0 Å². The maximum atomic E-state index is 13.2. The Morgan fingerprint density at radius 3 is 2.71 bits per heavy atom. The summed E-state index contributed by atoms with van der Waals surface area (Å²) in [6.07, 6.45) is 2.17. The number of rotatable bonds is 11. The molecule has 0 amide bonds. The highest BCUT2D eigenvalue weighted by Crippen LogP contribution is 2.43. The van der Waals surface area contributed by atoms with Gasteiger partial charge in [0.15, 0.2) is 11.5 Å². The zero-order valence-electron chi connectivity index (χ0n) is 22.3. The molecule has 4 rings (SSSR count). The van der Waals surface area contributed by atoms with Crippen LogP contribution in [0.1, 0.15) is 56.3 Å². The SMILES string of the molecule is CCCCSc1nc2n(n1)C(c1cc(Br)c(OCc3ccccc3C)c(OC)c1)C(C(=O)OCC)=C(C)N2. The highest BCUT2D eigenvalue weighted by molar-refractivity contribution is 9.10. The minimum absolute atomic E-state index is 0.267. The summed E-state index contributed by atoms with van der Waals surface area (Å²) in [6, 6.07) is 11.4. The lowest BCUT2D eigenvalue weighted by molar-refractivity contribution is -0.139. The molecule has 1 N–H and O–H groups in total. The number of aryl methyl sites for hydroxylation is 1. The van der Waals surface area contributed by atoms with E-state index < -0.39 is 12.0 Å². The first-order valence-electron chi connectivity index (χ1n) is 12.7. The van der Waals surface area contributed by atoms with Gasteiger partial charge in [0, 0.05) is 11.4 Å². The Labute approximate surface area is 236 Å². The highest BCUT2D eigenvalue weighted by Gasteiger charge is 2.36. The number of methoxy groups -OCH3 is 1. The Hall–Kier alpha value is -2.98. The number of benzene rings is 2. The Morgan fingerprint density at radius 1 is 1.21 bits per heavy atom.